The number of hydrogen-bond donors (Lipinski definition) is 2. The summed E-state index contributed by atoms with van der Waals surface area (Å²) in [6.07, 6.45) is 1.70. The summed E-state index contributed by atoms with van der Waals surface area (Å²) >= 11 is 3.23. The number of nitrogens with zero attached hydrogens (tertiary/aromatic N) is 2. The minimum absolute atomic E-state index is 0.0757. The van der Waals surface area contributed by atoms with E-state index in [1.54, 1.807) is 75.4 Å². The molecule has 2 N–H and O–H groups in total. The summed E-state index contributed by atoms with van der Waals surface area (Å²) in [7, 11) is 1.26. The molecule has 0 fully saturated rings. The number of rotatable bonds is 13. The van der Waals surface area contributed by atoms with Crippen LogP contribution in [0.15, 0.2) is 75.7 Å². The van der Waals surface area contributed by atoms with Crippen LogP contribution < -0.4 is 34.4 Å². The van der Waals surface area contributed by atoms with Crippen molar-refractivity contribution in [2.24, 2.45) is 4.99 Å². The Kier molecular flexibility index (Phi) is 12.4. The molecule has 0 spiro atoms. The van der Waals surface area contributed by atoms with Crippen LogP contribution in [0.5, 0.6) is 23.0 Å². The van der Waals surface area contributed by atoms with Crippen LogP contribution in [-0.2, 0) is 19.1 Å². The third kappa shape index (κ3) is 8.31. The number of esters is 2. The number of carbonyl (C=O) groups is 3. The maximum atomic E-state index is 14.1. The Bertz CT molecular complexity index is 2230. The zero-order valence-corrected chi connectivity index (χ0v) is 32.0. The van der Waals surface area contributed by atoms with Crippen molar-refractivity contribution in [2.45, 2.75) is 33.7 Å². The number of carbonyl (C=O) groups excluding carboxylic acids is 3. The van der Waals surface area contributed by atoms with Gasteiger partial charge in [-0.05, 0) is 116 Å². The minimum Gasteiger partial charge on any atom is -0.504 e. The van der Waals surface area contributed by atoms with Crippen molar-refractivity contribution >= 4 is 63.5 Å². The first-order valence-electron chi connectivity index (χ1n) is 16.2. The number of phenols is 1. The van der Waals surface area contributed by atoms with Gasteiger partial charge in [-0.2, -0.15) is 0 Å². The third-order valence-electron chi connectivity index (χ3n) is 7.68. The molecule has 1 amide bonds. The molecule has 0 bridgehead atoms. The first kappa shape index (κ1) is 38.1. The van der Waals surface area contributed by atoms with E-state index in [1.165, 1.54) is 17.7 Å². The maximum Gasteiger partial charge on any atom is 0.338 e. The smallest absolute Gasteiger partial charge is 0.338 e. The number of aromatic hydroxyl groups is 1. The molecule has 4 aromatic rings. The van der Waals surface area contributed by atoms with Gasteiger partial charge in [0.2, 0.25) is 0 Å². The highest BCUT2D eigenvalue weighted by Crippen LogP contribution is 2.37. The second-order valence-electron chi connectivity index (χ2n) is 11.1. The van der Waals surface area contributed by atoms with E-state index in [0.717, 1.165) is 11.3 Å². The van der Waals surface area contributed by atoms with Gasteiger partial charge in [0.25, 0.3) is 11.5 Å². The number of anilines is 1. The number of hydrogen-bond acceptors (Lipinski definition) is 12. The van der Waals surface area contributed by atoms with Crippen molar-refractivity contribution in [3.05, 3.63) is 106 Å². The molecular formula is C37H36IN3O10S. The number of allylic oxidation sites excluding steroid dienone is 1. The number of amides is 1. The Hall–Kier alpha value is -5.16. The molecule has 13 nitrogen and oxygen atoms in total. The number of thiazole rings is 1. The predicted octanol–water partition coefficient (Wildman–Crippen LogP) is 4.71. The van der Waals surface area contributed by atoms with E-state index >= 15 is 0 Å². The molecule has 1 unspecified atom stereocenters. The lowest BCUT2D eigenvalue weighted by molar-refractivity contribution is -0.136. The molecule has 1 atom stereocenters. The summed E-state index contributed by atoms with van der Waals surface area (Å²) < 4.78 is 29.9. The van der Waals surface area contributed by atoms with Crippen LogP contribution in [0.4, 0.5) is 5.69 Å². The minimum atomic E-state index is -0.901. The van der Waals surface area contributed by atoms with Crippen LogP contribution >= 0.6 is 33.9 Å². The SMILES string of the molecule is CCOC(=O)c1ccc(NC(=O)COc2c(I)cc(/C=c3/sc4n(c3=O)C(c3ccc(O)c(OCC)c3)C(C(=O)OC)=C(C)N=4)cc2OCC)cc1. The second kappa shape index (κ2) is 16.9. The van der Waals surface area contributed by atoms with Gasteiger partial charge in [0, 0.05) is 5.69 Å². The average molecular weight is 842 g/mol. The van der Waals surface area contributed by atoms with Gasteiger partial charge in [0.15, 0.2) is 34.4 Å². The van der Waals surface area contributed by atoms with E-state index in [1.807, 2.05) is 6.92 Å². The Morgan fingerprint density at radius 3 is 2.35 bits per heavy atom. The fraction of sp³-hybridized carbons (Fsp3) is 0.270. The van der Waals surface area contributed by atoms with Gasteiger partial charge < -0.3 is 34.1 Å². The van der Waals surface area contributed by atoms with Crippen molar-refractivity contribution in [3.8, 4) is 23.0 Å². The lowest BCUT2D eigenvalue weighted by Gasteiger charge is -2.24. The zero-order valence-electron chi connectivity index (χ0n) is 29.0. The molecule has 3 aromatic carbocycles. The predicted molar refractivity (Wildman–Crippen MR) is 202 cm³/mol. The number of benzene rings is 3. The summed E-state index contributed by atoms with van der Waals surface area (Å²) in [5.41, 5.74) is 2.18. The number of aromatic nitrogens is 1. The van der Waals surface area contributed by atoms with Gasteiger partial charge in [-0.1, -0.05) is 17.4 Å². The highest BCUT2D eigenvalue weighted by molar-refractivity contribution is 14.1. The Morgan fingerprint density at radius 2 is 1.67 bits per heavy atom. The van der Waals surface area contributed by atoms with Crippen LogP contribution in [0.25, 0.3) is 6.08 Å². The van der Waals surface area contributed by atoms with Crippen LogP contribution in [0.3, 0.4) is 0 Å². The number of nitrogens with one attached hydrogen (secondary N) is 1. The largest absolute Gasteiger partial charge is 0.504 e. The lowest BCUT2D eigenvalue weighted by atomic mass is 9.95. The molecule has 0 saturated carbocycles. The summed E-state index contributed by atoms with van der Waals surface area (Å²) in [5.74, 6) is -0.657. The van der Waals surface area contributed by atoms with Crippen molar-refractivity contribution in [1.82, 2.24) is 4.57 Å². The highest BCUT2D eigenvalue weighted by atomic mass is 127. The number of fused-ring (bicyclic) bond motifs is 1. The molecule has 15 heteroatoms. The number of methoxy groups -OCH3 is 1. The normalized spacial score (nSPS) is 13.9. The fourth-order valence-electron chi connectivity index (χ4n) is 5.44. The molecule has 52 heavy (non-hydrogen) atoms. The Balaban J connectivity index is 1.45. The molecule has 0 radical (unpaired) electrons. The van der Waals surface area contributed by atoms with E-state index in [2.05, 4.69) is 32.9 Å². The Labute approximate surface area is 316 Å². The highest BCUT2D eigenvalue weighted by Gasteiger charge is 2.33. The molecule has 1 aromatic heterocycles. The van der Waals surface area contributed by atoms with Crippen LogP contribution in [0.1, 0.15) is 55.2 Å². The molecule has 5 rings (SSSR count). The summed E-state index contributed by atoms with van der Waals surface area (Å²) in [6, 6.07) is 13.6. The van der Waals surface area contributed by atoms with Gasteiger partial charge in [-0.25, -0.2) is 14.6 Å². The molecule has 0 aliphatic carbocycles. The first-order valence-corrected chi connectivity index (χ1v) is 18.1. The molecule has 0 saturated heterocycles. The van der Waals surface area contributed by atoms with Gasteiger partial charge in [0.1, 0.15) is 0 Å². The molecule has 2 heterocycles. The molecule has 1 aliphatic rings. The zero-order chi connectivity index (χ0) is 37.5. The maximum absolute atomic E-state index is 14.1. The molecular weight excluding hydrogens is 805 g/mol. The van der Waals surface area contributed by atoms with Crippen LogP contribution in [-0.4, -0.2) is 61.1 Å². The second-order valence-corrected chi connectivity index (χ2v) is 13.3. The van der Waals surface area contributed by atoms with Gasteiger partial charge in [0.05, 0.1) is 57.9 Å². The summed E-state index contributed by atoms with van der Waals surface area (Å²) in [4.78, 5) is 56.8. The summed E-state index contributed by atoms with van der Waals surface area (Å²) in [6.45, 7) is 7.54. The fourth-order valence-corrected chi connectivity index (χ4v) is 7.27. The van der Waals surface area contributed by atoms with Crippen LogP contribution in [0, 0.1) is 3.57 Å². The van der Waals surface area contributed by atoms with Gasteiger partial charge in [-0.15, -0.1) is 0 Å². The van der Waals surface area contributed by atoms with E-state index < -0.39 is 29.4 Å². The van der Waals surface area contributed by atoms with Crippen molar-refractivity contribution in [3.63, 3.8) is 0 Å². The van der Waals surface area contributed by atoms with Crippen molar-refractivity contribution < 1.29 is 43.2 Å². The average Bonchev–Trinajstić information content (AvgIpc) is 3.42. The molecule has 1 aliphatic heterocycles. The topological polar surface area (TPSA) is 164 Å². The number of phenolic OH excluding ortho intramolecular Hbond substituents is 1. The molecule has 272 valence electrons. The van der Waals surface area contributed by atoms with Crippen LogP contribution in [0.2, 0.25) is 0 Å². The Morgan fingerprint density at radius 1 is 0.962 bits per heavy atom. The van der Waals surface area contributed by atoms with E-state index in [9.17, 15) is 24.3 Å². The van der Waals surface area contributed by atoms with E-state index in [4.69, 9.17) is 23.7 Å². The van der Waals surface area contributed by atoms with Gasteiger partial charge >= 0.3 is 11.9 Å². The summed E-state index contributed by atoms with van der Waals surface area (Å²) in [5, 5.41) is 13.1. The quantitative estimate of drug-likeness (QED) is 0.142. The van der Waals surface area contributed by atoms with E-state index in [-0.39, 0.29) is 30.3 Å². The van der Waals surface area contributed by atoms with Crippen molar-refractivity contribution in [2.75, 3.05) is 38.9 Å². The first-order chi connectivity index (χ1) is 25.0. The standard InChI is InChI=1S/C37H36IN3O10S/c1-6-48-27-18-23(11-14-26(27)42)32-31(36(46)47-5)20(4)39-37-41(32)34(44)29(52-37)17-21-15-25(38)33(28(16-21)49-7-2)51-19-30(43)40-24-12-9-22(10-13-24)35(45)50-8-3/h9-18,32,42H,6-8,19H2,1-5H3,(H,40,43)/b29-17+. The lowest BCUT2D eigenvalue weighted by Crippen LogP contribution is -2.39. The number of ether oxygens (including phenoxy) is 5. The van der Waals surface area contributed by atoms with E-state index in [0.29, 0.717) is 65.7 Å². The van der Waals surface area contributed by atoms with Crippen molar-refractivity contribution in [1.29, 1.82) is 0 Å². The third-order valence-corrected chi connectivity index (χ3v) is 9.47. The monoisotopic (exact) mass is 841 g/mol. The van der Waals surface area contributed by atoms with Gasteiger partial charge in [-0.3, -0.25) is 14.2 Å². The number of halogens is 1.